The van der Waals surface area contributed by atoms with E-state index in [1.54, 1.807) is 4.90 Å². The monoisotopic (exact) mass is 367 g/mol. The average Bonchev–Trinajstić information content (AvgIpc) is 2.97. The maximum atomic E-state index is 12.0. The number of ether oxygens (including phenoxy) is 1. The van der Waals surface area contributed by atoms with E-state index < -0.39 is 11.9 Å². The Bertz CT molecular complexity index is 836. The number of para-hydroxylation sites is 1. The molecule has 1 saturated heterocycles. The van der Waals surface area contributed by atoms with E-state index in [1.807, 2.05) is 42.5 Å². The molecule has 1 aliphatic heterocycles. The van der Waals surface area contributed by atoms with Crippen LogP contribution in [0.3, 0.4) is 0 Å². The number of carboxylic acid groups (broad SMARTS) is 1. The number of aliphatic carboxylic acids is 1. The summed E-state index contributed by atoms with van der Waals surface area (Å²) in [5.74, 6) is -0.0636. The van der Waals surface area contributed by atoms with Crippen molar-refractivity contribution in [2.75, 3.05) is 6.54 Å². The fourth-order valence-corrected chi connectivity index (χ4v) is 3.28. The lowest BCUT2D eigenvalue weighted by molar-refractivity contribution is -0.141. The Kier molecular flexibility index (Phi) is 5.22. The average molecular weight is 367 g/mol. The molecule has 2 aromatic rings. The van der Waals surface area contributed by atoms with Gasteiger partial charge in [0, 0.05) is 25.1 Å². The smallest absolute Gasteiger partial charge is 0.308 e. The van der Waals surface area contributed by atoms with Gasteiger partial charge in [-0.3, -0.25) is 9.59 Å². The first-order chi connectivity index (χ1) is 12.7. The third kappa shape index (κ3) is 4.48. The lowest BCUT2D eigenvalue weighted by Crippen LogP contribution is -2.25. The predicted molar refractivity (Wildman–Crippen MR) is 103 cm³/mol. The van der Waals surface area contributed by atoms with Gasteiger partial charge in [-0.2, -0.15) is 0 Å². The molecule has 2 aromatic carbocycles. The summed E-state index contributed by atoms with van der Waals surface area (Å²) in [6, 6.07) is 15.6. The molecular weight excluding hydrogens is 342 g/mol. The highest BCUT2D eigenvalue weighted by Gasteiger charge is 2.34. The number of rotatable bonds is 5. The van der Waals surface area contributed by atoms with Gasteiger partial charge < -0.3 is 14.7 Å². The number of hydrogen-bond acceptors (Lipinski definition) is 3. The van der Waals surface area contributed by atoms with E-state index in [0.29, 0.717) is 6.54 Å². The summed E-state index contributed by atoms with van der Waals surface area (Å²) in [4.78, 5) is 24.6. The summed E-state index contributed by atoms with van der Waals surface area (Å²) in [5, 5.41) is 9.08. The molecule has 5 heteroatoms. The van der Waals surface area contributed by atoms with Crippen molar-refractivity contribution in [2.24, 2.45) is 5.92 Å². The lowest BCUT2D eigenvalue weighted by atomic mass is 9.86. The zero-order valence-electron chi connectivity index (χ0n) is 15.9. The van der Waals surface area contributed by atoms with Crippen molar-refractivity contribution in [1.29, 1.82) is 0 Å². The normalized spacial score (nSPS) is 17.2. The molecule has 142 valence electrons. The molecule has 0 aliphatic carbocycles. The first kappa shape index (κ1) is 19.0. The van der Waals surface area contributed by atoms with Crippen LogP contribution in [0, 0.1) is 5.92 Å². The molecule has 0 saturated carbocycles. The van der Waals surface area contributed by atoms with E-state index in [1.165, 1.54) is 0 Å². The van der Waals surface area contributed by atoms with Crippen molar-refractivity contribution in [1.82, 2.24) is 4.90 Å². The summed E-state index contributed by atoms with van der Waals surface area (Å²) >= 11 is 0. The van der Waals surface area contributed by atoms with Crippen molar-refractivity contribution in [2.45, 2.75) is 39.2 Å². The van der Waals surface area contributed by atoms with Crippen LogP contribution in [0.25, 0.3) is 0 Å². The second-order valence-corrected chi connectivity index (χ2v) is 8.01. The van der Waals surface area contributed by atoms with Gasteiger partial charge in [0.25, 0.3) is 0 Å². The van der Waals surface area contributed by atoms with E-state index in [-0.39, 0.29) is 24.3 Å². The van der Waals surface area contributed by atoms with E-state index in [0.717, 1.165) is 22.6 Å². The molecule has 1 amide bonds. The highest BCUT2D eigenvalue weighted by molar-refractivity contribution is 5.86. The number of amides is 1. The fraction of sp³-hybridized carbons (Fsp3) is 0.364. The zero-order valence-corrected chi connectivity index (χ0v) is 15.9. The minimum Gasteiger partial charge on any atom is -0.481 e. The number of carboxylic acids is 1. The van der Waals surface area contributed by atoms with E-state index in [2.05, 4.69) is 26.8 Å². The number of likely N-dealkylation sites (tertiary alicyclic amines) is 1. The Hall–Kier alpha value is -2.82. The van der Waals surface area contributed by atoms with Crippen LogP contribution in [0.4, 0.5) is 0 Å². The largest absolute Gasteiger partial charge is 0.481 e. The summed E-state index contributed by atoms with van der Waals surface area (Å²) in [5.41, 5.74) is 2.06. The zero-order chi connectivity index (χ0) is 19.6. The quantitative estimate of drug-likeness (QED) is 0.860. The van der Waals surface area contributed by atoms with Gasteiger partial charge in [-0.1, -0.05) is 51.1 Å². The summed E-state index contributed by atoms with van der Waals surface area (Å²) in [6.07, 6.45) is 0.0834. The van der Waals surface area contributed by atoms with E-state index >= 15 is 0 Å². The molecule has 1 heterocycles. The van der Waals surface area contributed by atoms with Crippen molar-refractivity contribution in [3.8, 4) is 11.5 Å². The molecule has 5 nitrogen and oxygen atoms in total. The number of carbonyl (C=O) groups excluding carboxylic acids is 1. The Balaban J connectivity index is 1.68. The number of nitrogens with zero attached hydrogens (tertiary/aromatic N) is 1. The van der Waals surface area contributed by atoms with Gasteiger partial charge >= 0.3 is 5.97 Å². The Morgan fingerprint density at radius 2 is 1.81 bits per heavy atom. The van der Waals surface area contributed by atoms with E-state index in [4.69, 9.17) is 9.84 Å². The van der Waals surface area contributed by atoms with Gasteiger partial charge in [-0.05, 0) is 29.2 Å². The summed E-state index contributed by atoms with van der Waals surface area (Å²) in [6.45, 7) is 7.13. The molecule has 1 atom stereocenters. The first-order valence-electron chi connectivity index (χ1n) is 9.11. The van der Waals surface area contributed by atoms with Crippen molar-refractivity contribution < 1.29 is 19.4 Å². The Morgan fingerprint density at radius 3 is 2.41 bits per heavy atom. The second kappa shape index (κ2) is 7.43. The molecule has 1 unspecified atom stereocenters. The van der Waals surface area contributed by atoms with Crippen LogP contribution in [0.2, 0.25) is 0 Å². The van der Waals surface area contributed by atoms with Crippen LogP contribution >= 0.6 is 0 Å². The number of benzene rings is 2. The van der Waals surface area contributed by atoms with Gasteiger partial charge in [0.1, 0.15) is 11.5 Å². The maximum Gasteiger partial charge on any atom is 0.308 e. The summed E-state index contributed by atoms with van der Waals surface area (Å²) in [7, 11) is 0. The van der Waals surface area contributed by atoms with Crippen LogP contribution in [0.1, 0.15) is 38.3 Å². The fourth-order valence-electron chi connectivity index (χ4n) is 3.28. The van der Waals surface area contributed by atoms with Crippen LogP contribution < -0.4 is 4.74 Å². The highest BCUT2D eigenvalue weighted by Crippen LogP contribution is 2.34. The Morgan fingerprint density at radius 1 is 1.15 bits per heavy atom. The SMILES string of the molecule is CC(C)(C)c1ccccc1Oc1ccc(CN2CC(C(=O)O)CC2=O)cc1. The molecule has 0 radical (unpaired) electrons. The Labute approximate surface area is 159 Å². The molecule has 0 aromatic heterocycles. The van der Waals surface area contributed by atoms with Crippen molar-refractivity contribution >= 4 is 11.9 Å². The lowest BCUT2D eigenvalue weighted by Gasteiger charge is -2.22. The minimum absolute atomic E-state index is 0.0205. The molecule has 27 heavy (non-hydrogen) atoms. The van der Waals surface area contributed by atoms with Gasteiger partial charge in [0.2, 0.25) is 5.91 Å². The molecule has 1 aliphatic rings. The van der Waals surface area contributed by atoms with Gasteiger partial charge in [0.05, 0.1) is 5.92 Å². The first-order valence-corrected chi connectivity index (χ1v) is 9.11. The van der Waals surface area contributed by atoms with Gasteiger partial charge in [0.15, 0.2) is 0 Å². The van der Waals surface area contributed by atoms with Crippen LogP contribution in [0.15, 0.2) is 48.5 Å². The maximum absolute atomic E-state index is 12.0. The van der Waals surface area contributed by atoms with E-state index in [9.17, 15) is 9.59 Å². The number of carbonyl (C=O) groups is 2. The van der Waals surface area contributed by atoms with Gasteiger partial charge in [-0.25, -0.2) is 0 Å². The van der Waals surface area contributed by atoms with Gasteiger partial charge in [-0.15, -0.1) is 0 Å². The van der Waals surface area contributed by atoms with Crippen molar-refractivity contribution in [3.63, 3.8) is 0 Å². The highest BCUT2D eigenvalue weighted by atomic mass is 16.5. The molecule has 1 fully saturated rings. The molecule has 0 bridgehead atoms. The van der Waals surface area contributed by atoms with Crippen LogP contribution in [0.5, 0.6) is 11.5 Å². The molecule has 0 spiro atoms. The minimum atomic E-state index is -0.910. The van der Waals surface area contributed by atoms with Crippen molar-refractivity contribution in [3.05, 3.63) is 59.7 Å². The second-order valence-electron chi connectivity index (χ2n) is 8.01. The predicted octanol–water partition coefficient (Wildman–Crippen LogP) is 4.21. The third-order valence-electron chi connectivity index (χ3n) is 4.78. The standard InChI is InChI=1S/C22H25NO4/c1-22(2,3)18-6-4-5-7-19(18)27-17-10-8-15(9-11-17)13-23-14-16(21(25)26)12-20(23)24/h4-11,16H,12-14H2,1-3H3,(H,25,26). The van der Waals surface area contributed by atoms with Crippen LogP contribution in [-0.4, -0.2) is 28.4 Å². The number of hydrogen-bond donors (Lipinski definition) is 1. The third-order valence-corrected chi connectivity index (χ3v) is 4.78. The molecule has 3 rings (SSSR count). The van der Waals surface area contributed by atoms with Crippen LogP contribution in [-0.2, 0) is 21.5 Å². The summed E-state index contributed by atoms with van der Waals surface area (Å²) < 4.78 is 6.07. The topological polar surface area (TPSA) is 66.8 Å². The molecule has 1 N–H and O–H groups in total. The molecular formula is C22H25NO4.